The highest BCUT2D eigenvalue weighted by atomic mass is 16.5. The van der Waals surface area contributed by atoms with Gasteiger partial charge in [0.05, 0.1) is 18.7 Å². The summed E-state index contributed by atoms with van der Waals surface area (Å²) in [6.07, 6.45) is 0.784. The van der Waals surface area contributed by atoms with Gasteiger partial charge in [-0.25, -0.2) is 4.79 Å². The van der Waals surface area contributed by atoms with Crippen LogP contribution < -0.4 is 5.76 Å². The number of aromatic nitrogens is 1. The first-order valence-electron chi connectivity index (χ1n) is 6.90. The van der Waals surface area contributed by atoms with Crippen molar-refractivity contribution in [2.75, 3.05) is 6.61 Å². The van der Waals surface area contributed by atoms with E-state index in [0.29, 0.717) is 29.2 Å². The van der Waals surface area contributed by atoms with Gasteiger partial charge >= 0.3 is 11.7 Å². The van der Waals surface area contributed by atoms with Crippen molar-refractivity contribution in [1.29, 1.82) is 0 Å². The maximum Gasteiger partial charge on any atom is 0.420 e. The smallest absolute Gasteiger partial charge is 0.420 e. The Morgan fingerprint density at radius 3 is 2.86 bits per heavy atom. The Labute approximate surface area is 121 Å². The summed E-state index contributed by atoms with van der Waals surface area (Å²) in [6, 6.07) is 4.91. The van der Waals surface area contributed by atoms with E-state index in [9.17, 15) is 9.59 Å². The minimum absolute atomic E-state index is 0.137. The average molecular weight is 293 g/mol. The zero-order valence-corrected chi connectivity index (χ0v) is 12.2. The second-order valence-electron chi connectivity index (χ2n) is 5.32. The lowest BCUT2D eigenvalue weighted by molar-refractivity contribution is -0.144. The highest BCUT2D eigenvalue weighted by Gasteiger charge is 2.14. The van der Waals surface area contributed by atoms with Gasteiger partial charge in [0.1, 0.15) is 6.54 Å². The maximum absolute atomic E-state index is 11.8. The van der Waals surface area contributed by atoms with Gasteiger partial charge in [-0.2, -0.15) is 0 Å². The summed E-state index contributed by atoms with van der Waals surface area (Å²) in [5.41, 5.74) is 1.50. The van der Waals surface area contributed by atoms with Crippen molar-refractivity contribution in [2.45, 2.75) is 33.4 Å². The average Bonchev–Trinajstić information content (AvgIpc) is 2.73. The molecule has 0 unspecified atom stereocenters. The fourth-order valence-corrected chi connectivity index (χ4v) is 1.94. The Morgan fingerprint density at radius 1 is 1.43 bits per heavy atom. The van der Waals surface area contributed by atoms with Crippen LogP contribution in [0, 0.1) is 5.92 Å². The zero-order chi connectivity index (χ0) is 15.4. The molecule has 6 heteroatoms. The van der Waals surface area contributed by atoms with Crippen LogP contribution >= 0.6 is 0 Å². The van der Waals surface area contributed by atoms with Gasteiger partial charge in [-0.1, -0.05) is 19.9 Å². The van der Waals surface area contributed by atoms with Crippen molar-refractivity contribution < 1.29 is 19.1 Å². The number of benzene rings is 1. The molecule has 0 radical (unpaired) electrons. The molecule has 0 aliphatic carbocycles. The first-order chi connectivity index (χ1) is 10.0. The van der Waals surface area contributed by atoms with Crippen LogP contribution in [0.4, 0.5) is 0 Å². The summed E-state index contributed by atoms with van der Waals surface area (Å²) < 4.78 is 11.4. The van der Waals surface area contributed by atoms with Crippen LogP contribution in [0.25, 0.3) is 11.1 Å². The molecule has 0 spiro atoms. The molecule has 0 amide bonds. The topological polar surface area (TPSA) is 81.7 Å². The zero-order valence-electron chi connectivity index (χ0n) is 12.2. The summed E-state index contributed by atoms with van der Waals surface area (Å²) >= 11 is 0. The molecule has 6 nitrogen and oxygen atoms in total. The predicted molar refractivity (Wildman–Crippen MR) is 76.8 cm³/mol. The van der Waals surface area contributed by atoms with Crippen LogP contribution in [-0.4, -0.2) is 22.2 Å². The largest absolute Gasteiger partial charge is 0.464 e. The van der Waals surface area contributed by atoms with Crippen molar-refractivity contribution in [3.63, 3.8) is 0 Å². The Morgan fingerprint density at radius 2 is 2.19 bits per heavy atom. The number of nitrogens with zero attached hydrogens (tertiary/aromatic N) is 1. The van der Waals surface area contributed by atoms with Gasteiger partial charge in [-0.3, -0.25) is 9.36 Å². The van der Waals surface area contributed by atoms with E-state index in [1.165, 1.54) is 4.57 Å². The number of hydrogen-bond donors (Lipinski definition) is 1. The molecule has 1 heterocycles. The molecular weight excluding hydrogens is 274 g/mol. The van der Waals surface area contributed by atoms with Gasteiger partial charge in [-0.05, 0) is 30.0 Å². The van der Waals surface area contributed by atoms with Gasteiger partial charge in [0, 0.05) is 0 Å². The lowest BCUT2D eigenvalue weighted by Crippen LogP contribution is -2.22. The number of aliphatic hydroxyl groups is 1. The quantitative estimate of drug-likeness (QED) is 0.819. The number of ether oxygens (including phenoxy) is 1. The van der Waals surface area contributed by atoms with E-state index in [1.807, 2.05) is 13.8 Å². The lowest BCUT2D eigenvalue weighted by Gasteiger charge is -2.07. The second kappa shape index (κ2) is 6.58. The number of carbonyl (C=O) groups is 1. The molecule has 0 aliphatic rings. The van der Waals surface area contributed by atoms with Crippen LogP contribution in [0.15, 0.2) is 27.4 Å². The fourth-order valence-electron chi connectivity index (χ4n) is 1.94. The number of carbonyl (C=O) groups excluding carboxylic acids is 1. The molecule has 0 atom stereocenters. The third-order valence-electron chi connectivity index (χ3n) is 3.16. The van der Waals surface area contributed by atoms with E-state index < -0.39 is 11.7 Å². The molecule has 1 aromatic heterocycles. The van der Waals surface area contributed by atoms with Crippen LogP contribution in [0.5, 0.6) is 0 Å². The molecule has 2 rings (SSSR count). The monoisotopic (exact) mass is 293 g/mol. The Hall–Kier alpha value is -2.08. The normalized spacial score (nSPS) is 11.2. The summed E-state index contributed by atoms with van der Waals surface area (Å²) in [6.45, 7) is 4.11. The van der Waals surface area contributed by atoms with E-state index in [4.69, 9.17) is 14.3 Å². The number of fused-ring (bicyclic) bond motifs is 1. The molecule has 0 fully saturated rings. The molecule has 0 aliphatic heterocycles. The van der Waals surface area contributed by atoms with Gasteiger partial charge in [-0.15, -0.1) is 0 Å². The Kier molecular flexibility index (Phi) is 4.80. The number of aliphatic hydroxyl groups excluding tert-OH is 1. The first-order valence-corrected chi connectivity index (χ1v) is 6.90. The minimum Gasteiger partial charge on any atom is -0.464 e. The number of rotatable bonds is 6. The van der Waals surface area contributed by atoms with Crippen LogP contribution in [0.2, 0.25) is 0 Å². The molecule has 2 aromatic rings. The Bertz CT molecular complexity index is 683. The molecule has 1 N–H and O–H groups in total. The molecule has 0 saturated heterocycles. The van der Waals surface area contributed by atoms with Crippen LogP contribution in [0.3, 0.4) is 0 Å². The standard InChI is InChI=1S/C15H19NO5/c1-10(2)5-6-20-14(18)8-16-12-4-3-11(9-17)7-13(12)21-15(16)19/h3-4,7,10,17H,5-6,8-9H2,1-2H3. The summed E-state index contributed by atoms with van der Waals surface area (Å²) in [4.78, 5) is 23.5. The summed E-state index contributed by atoms with van der Waals surface area (Å²) in [7, 11) is 0. The third-order valence-corrected chi connectivity index (χ3v) is 3.16. The van der Waals surface area contributed by atoms with E-state index in [-0.39, 0.29) is 13.2 Å². The molecular formula is C15H19NO5. The van der Waals surface area contributed by atoms with E-state index >= 15 is 0 Å². The van der Waals surface area contributed by atoms with Gasteiger partial charge in [0.25, 0.3) is 0 Å². The lowest BCUT2D eigenvalue weighted by atomic mass is 10.1. The van der Waals surface area contributed by atoms with Crippen molar-refractivity contribution >= 4 is 17.1 Å². The third kappa shape index (κ3) is 3.72. The fraction of sp³-hybridized carbons (Fsp3) is 0.467. The van der Waals surface area contributed by atoms with Gasteiger partial charge in [0.2, 0.25) is 0 Å². The molecule has 1 aromatic carbocycles. The van der Waals surface area contributed by atoms with E-state index in [0.717, 1.165) is 6.42 Å². The summed E-state index contributed by atoms with van der Waals surface area (Å²) in [5, 5.41) is 9.06. The molecule has 0 bridgehead atoms. The van der Waals surface area contributed by atoms with Gasteiger partial charge in [0.15, 0.2) is 5.58 Å². The van der Waals surface area contributed by atoms with Crippen molar-refractivity contribution in [3.8, 4) is 0 Å². The second-order valence-corrected chi connectivity index (χ2v) is 5.32. The number of oxazole rings is 1. The predicted octanol–water partition coefficient (Wildman–Crippen LogP) is 1.68. The van der Waals surface area contributed by atoms with Gasteiger partial charge < -0.3 is 14.3 Å². The molecule has 21 heavy (non-hydrogen) atoms. The van der Waals surface area contributed by atoms with Crippen LogP contribution in [0.1, 0.15) is 25.8 Å². The summed E-state index contributed by atoms with van der Waals surface area (Å²) in [5.74, 6) is -0.625. The number of hydrogen-bond acceptors (Lipinski definition) is 5. The number of esters is 1. The maximum atomic E-state index is 11.8. The van der Waals surface area contributed by atoms with E-state index in [2.05, 4.69) is 0 Å². The van der Waals surface area contributed by atoms with E-state index in [1.54, 1.807) is 18.2 Å². The Balaban J connectivity index is 2.13. The highest BCUT2D eigenvalue weighted by Crippen LogP contribution is 2.15. The highest BCUT2D eigenvalue weighted by molar-refractivity contribution is 5.77. The van der Waals surface area contributed by atoms with Crippen molar-refractivity contribution in [1.82, 2.24) is 4.57 Å². The minimum atomic E-state index is -0.610. The van der Waals surface area contributed by atoms with Crippen molar-refractivity contribution in [3.05, 3.63) is 34.3 Å². The van der Waals surface area contributed by atoms with Crippen LogP contribution in [-0.2, 0) is 22.7 Å². The van der Waals surface area contributed by atoms with Crippen molar-refractivity contribution in [2.24, 2.45) is 5.92 Å². The first kappa shape index (κ1) is 15.3. The molecule has 0 saturated carbocycles. The molecule has 114 valence electrons. The SMILES string of the molecule is CC(C)CCOC(=O)Cn1c(=O)oc2cc(CO)ccc21.